The fourth-order valence-corrected chi connectivity index (χ4v) is 2.27. The second kappa shape index (κ2) is 8.19. The lowest BCUT2D eigenvalue weighted by Crippen LogP contribution is -2.95. The molecule has 3 nitrogen and oxygen atoms in total. The highest BCUT2D eigenvalue weighted by molar-refractivity contribution is 6.30. The zero-order valence-corrected chi connectivity index (χ0v) is 15.6. The second-order valence-electron chi connectivity index (χ2n) is 7.71. The van der Waals surface area contributed by atoms with Gasteiger partial charge >= 0.3 is 0 Å². The quantitative estimate of drug-likeness (QED) is 0.779. The number of ether oxygens (including phenoxy) is 2. The number of benzene rings is 1. The van der Waals surface area contributed by atoms with Crippen molar-refractivity contribution >= 4 is 11.6 Å². The maximum absolute atomic E-state index is 6.09. The topological polar surface area (TPSA) is 35.1 Å². The molecule has 0 heterocycles. The molecule has 0 aliphatic carbocycles. The Morgan fingerprint density at radius 1 is 1.00 bits per heavy atom. The van der Waals surface area contributed by atoms with Crippen LogP contribution >= 0.6 is 11.6 Å². The predicted molar refractivity (Wildman–Crippen MR) is 93.0 cm³/mol. The van der Waals surface area contributed by atoms with E-state index in [0.717, 1.165) is 29.5 Å². The molecule has 4 heteroatoms. The Hall–Kier alpha value is -0.770. The van der Waals surface area contributed by atoms with Crippen LogP contribution in [0.1, 0.15) is 47.1 Å². The minimum absolute atomic E-state index is 0.00274. The summed E-state index contributed by atoms with van der Waals surface area (Å²) in [6.07, 6.45) is 0. The molecule has 0 aliphatic heterocycles. The summed E-state index contributed by atoms with van der Waals surface area (Å²) in [5, 5.41) is 3.02. The number of hydrogen-bond donors (Lipinski definition) is 1. The largest absolute Gasteiger partial charge is 0.491 e. The Morgan fingerprint density at radius 3 is 2.27 bits per heavy atom. The van der Waals surface area contributed by atoms with Gasteiger partial charge in [0.1, 0.15) is 12.4 Å². The summed E-state index contributed by atoms with van der Waals surface area (Å²) in [6, 6.07) is 5.79. The molecule has 0 bridgehead atoms. The van der Waals surface area contributed by atoms with E-state index in [1.165, 1.54) is 0 Å². The molecule has 0 saturated carbocycles. The monoisotopic (exact) mass is 328 g/mol. The highest BCUT2D eigenvalue weighted by atomic mass is 35.5. The van der Waals surface area contributed by atoms with Crippen LogP contribution in [0.5, 0.6) is 5.75 Å². The van der Waals surface area contributed by atoms with E-state index in [4.69, 9.17) is 21.1 Å². The fraction of sp³-hybridized carbons (Fsp3) is 0.667. The van der Waals surface area contributed by atoms with Crippen LogP contribution < -0.4 is 10.1 Å². The van der Waals surface area contributed by atoms with Crippen molar-refractivity contribution in [2.75, 3.05) is 26.4 Å². The highest BCUT2D eigenvalue weighted by Crippen LogP contribution is 2.33. The average Bonchev–Trinajstić information content (AvgIpc) is 2.36. The minimum Gasteiger partial charge on any atom is -0.491 e. The van der Waals surface area contributed by atoms with Gasteiger partial charge in [-0.3, -0.25) is 0 Å². The molecule has 1 aromatic carbocycles. The van der Waals surface area contributed by atoms with Gasteiger partial charge in [-0.1, -0.05) is 32.4 Å². The first-order valence-electron chi connectivity index (χ1n) is 7.94. The summed E-state index contributed by atoms with van der Waals surface area (Å²) in [6.45, 7) is 15.9. The maximum atomic E-state index is 6.09. The maximum Gasteiger partial charge on any atom is 0.123 e. The first-order valence-corrected chi connectivity index (χ1v) is 8.32. The van der Waals surface area contributed by atoms with Crippen molar-refractivity contribution in [1.82, 2.24) is 0 Å². The van der Waals surface area contributed by atoms with E-state index >= 15 is 0 Å². The standard InChI is InChI=1S/C18H30ClNO2/c1-17(2,3)15-13-14(19)7-8-16(15)22-12-11-21-10-9-20-18(4,5)6/h7-8,13,20H,9-12H2,1-6H3/p+1. The van der Waals surface area contributed by atoms with Gasteiger partial charge in [0.2, 0.25) is 0 Å². The van der Waals surface area contributed by atoms with E-state index in [-0.39, 0.29) is 11.0 Å². The van der Waals surface area contributed by atoms with Crippen LogP contribution in [-0.4, -0.2) is 31.9 Å². The van der Waals surface area contributed by atoms with Crippen molar-refractivity contribution in [2.45, 2.75) is 52.5 Å². The van der Waals surface area contributed by atoms with Gasteiger partial charge in [0.15, 0.2) is 0 Å². The third-order valence-electron chi connectivity index (χ3n) is 3.25. The molecule has 0 spiro atoms. The van der Waals surface area contributed by atoms with Gasteiger partial charge < -0.3 is 14.8 Å². The molecule has 0 fully saturated rings. The molecule has 22 heavy (non-hydrogen) atoms. The van der Waals surface area contributed by atoms with Gasteiger partial charge in [-0.05, 0) is 44.4 Å². The normalized spacial score (nSPS) is 12.5. The number of hydrogen-bond acceptors (Lipinski definition) is 2. The Labute approximate surface area is 140 Å². The number of nitrogens with two attached hydrogens (primary N) is 1. The van der Waals surface area contributed by atoms with Gasteiger partial charge in [-0.25, -0.2) is 0 Å². The van der Waals surface area contributed by atoms with E-state index in [9.17, 15) is 0 Å². The molecule has 0 amide bonds. The van der Waals surface area contributed by atoms with Crippen LogP contribution in [0.2, 0.25) is 5.02 Å². The Bertz CT molecular complexity index is 461. The first kappa shape index (κ1) is 19.3. The molecule has 0 aliphatic rings. The predicted octanol–water partition coefficient (Wildman–Crippen LogP) is 3.39. The molecule has 0 unspecified atom stereocenters. The Kier molecular flexibility index (Phi) is 7.17. The second-order valence-corrected chi connectivity index (χ2v) is 8.15. The lowest BCUT2D eigenvalue weighted by atomic mass is 9.86. The van der Waals surface area contributed by atoms with E-state index in [2.05, 4.69) is 46.9 Å². The minimum atomic E-state index is 0.00274. The summed E-state index contributed by atoms with van der Waals surface area (Å²) in [5.41, 5.74) is 1.38. The molecule has 0 saturated heterocycles. The van der Waals surface area contributed by atoms with Crippen LogP contribution in [0.15, 0.2) is 18.2 Å². The van der Waals surface area contributed by atoms with Gasteiger partial charge in [0.25, 0.3) is 0 Å². The SMILES string of the molecule is CC(C)(C)[NH2+]CCOCCOc1ccc(Cl)cc1C(C)(C)C. The van der Waals surface area contributed by atoms with Crippen molar-refractivity contribution < 1.29 is 14.8 Å². The number of halogens is 1. The third kappa shape index (κ3) is 7.48. The molecule has 0 atom stereocenters. The van der Waals surface area contributed by atoms with Crippen LogP contribution in [0, 0.1) is 0 Å². The Morgan fingerprint density at radius 2 is 1.68 bits per heavy atom. The van der Waals surface area contributed by atoms with Crippen LogP contribution in [0.3, 0.4) is 0 Å². The van der Waals surface area contributed by atoms with Crippen LogP contribution in [0.4, 0.5) is 0 Å². The molecule has 2 N–H and O–H groups in total. The summed E-state index contributed by atoms with van der Waals surface area (Å²) in [7, 11) is 0. The first-order chi connectivity index (χ1) is 10.1. The van der Waals surface area contributed by atoms with Crippen molar-refractivity contribution in [3.8, 4) is 5.75 Å². The Balaban J connectivity index is 2.37. The molecule has 1 aromatic rings. The number of quaternary nitrogens is 1. The lowest BCUT2D eigenvalue weighted by Gasteiger charge is -2.23. The zero-order chi connectivity index (χ0) is 16.8. The van der Waals surface area contributed by atoms with Crippen molar-refractivity contribution in [2.24, 2.45) is 0 Å². The van der Waals surface area contributed by atoms with E-state index < -0.39 is 0 Å². The van der Waals surface area contributed by atoms with Gasteiger partial charge in [0.05, 0.1) is 25.3 Å². The lowest BCUT2D eigenvalue weighted by molar-refractivity contribution is -0.718. The number of rotatable bonds is 7. The fourth-order valence-electron chi connectivity index (χ4n) is 2.10. The molecule has 1 rings (SSSR count). The van der Waals surface area contributed by atoms with Gasteiger partial charge in [-0.15, -0.1) is 0 Å². The smallest absolute Gasteiger partial charge is 0.123 e. The highest BCUT2D eigenvalue weighted by Gasteiger charge is 2.19. The van der Waals surface area contributed by atoms with E-state index in [0.29, 0.717) is 13.2 Å². The molecular weight excluding hydrogens is 298 g/mol. The van der Waals surface area contributed by atoms with Crippen molar-refractivity contribution in [3.63, 3.8) is 0 Å². The van der Waals surface area contributed by atoms with Crippen LogP contribution in [0.25, 0.3) is 0 Å². The van der Waals surface area contributed by atoms with E-state index in [1.807, 2.05) is 18.2 Å². The van der Waals surface area contributed by atoms with Crippen LogP contribution in [-0.2, 0) is 10.2 Å². The molecular formula is C18H31ClNO2+. The third-order valence-corrected chi connectivity index (χ3v) is 3.49. The van der Waals surface area contributed by atoms with E-state index in [1.54, 1.807) is 0 Å². The van der Waals surface area contributed by atoms with Gasteiger partial charge in [-0.2, -0.15) is 0 Å². The van der Waals surface area contributed by atoms with Gasteiger partial charge in [0, 0.05) is 10.6 Å². The summed E-state index contributed by atoms with van der Waals surface area (Å²) in [5.74, 6) is 0.891. The summed E-state index contributed by atoms with van der Waals surface area (Å²) in [4.78, 5) is 0. The average molecular weight is 329 g/mol. The molecule has 126 valence electrons. The van der Waals surface area contributed by atoms with Crippen molar-refractivity contribution in [1.29, 1.82) is 0 Å². The van der Waals surface area contributed by atoms with Crippen molar-refractivity contribution in [3.05, 3.63) is 28.8 Å². The summed E-state index contributed by atoms with van der Waals surface area (Å²) >= 11 is 6.09. The zero-order valence-electron chi connectivity index (χ0n) is 14.8. The molecule has 0 aromatic heterocycles. The summed E-state index contributed by atoms with van der Waals surface area (Å²) < 4.78 is 11.5. The molecule has 0 radical (unpaired) electrons.